The van der Waals surface area contributed by atoms with Crippen LogP contribution in [0.15, 0.2) is 0 Å². The maximum absolute atomic E-state index is 11.7. The zero-order chi connectivity index (χ0) is 20.3. The van der Waals surface area contributed by atoms with Crippen molar-refractivity contribution in [1.82, 2.24) is 0 Å². The third kappa shape index (κ3) is 19.7. The monoisotopic (exact) mass is 548 g/mol. The molecule has 0 aromatic carbocycles. The molecule has 0 aliphatic heterocycles. The van der Waals surface area contributed by atoms with Crippen molar-refractivity contribution in [3.8, 4) is 0 Å². The maximum Gasteiger partial charge on any atom is 0.283 e. The Labute approximate surface area is 197 Å². The molecular formula is C12H20O6S9. The minimum Gasteiger partial charge on any atom is -0.308 e. The highest BCUT2D eigenvalue weighted by Crippen LogP contribution is 2.41. The molecule has 0 amide bonds. The van der Waals surface area contributed by atoms with Gasteiger partial charge in [-0.3, -0.25) is 14.4 Å². The second-order valence-electron chi connectivity index (χ2n) is 3.76. The second kappa shape index (κ2) is 21.3. The van der Waals surface area contributed by atoms with Gasteiger partial charge in [0.1, 0.15) is 0 Å². The van der Waals surface area contributed by atoms with Gasteiger partial charge in [-0.1, -0.05) is 32.4 Å². The van der Waals surface area contributed by atoms with Crippen LogP contribution in [0.25, 0.3) is 0 Å². The molecule has 0 bridgehead atoms. The highest BCUT2D eigenvalue weighted by atomic mass is 33.1. The normalized spacial score (nSPS) is 11.1. The Morgan fingerprint density at radius 1 is 0.667 bits per heavy atom. The van der Waals surface area contributed by atoms with E-state index in [-0.39, 0.29) is 18.6 Å². The first kappa shape index (κ1) is 29.0. The molecule has 15 heteroatoms. The van der Waals surface area contributed by atoms with Crippen LogP contribution in [0, 0.1) is 0 Å². The van der Waals surface area contributed by atoms with Crippen molar-refractivity contribution in [2.75, 3.05) is 31.3 Å². The van der Waals surface area contributed by atoms with Crippen molar-refractivity contribution in [3.05, 3.63) is 0 Å². The van der Waals surface area contributed by atoms with Gasteiger partial charge in [-0.25, -0.2) is 0 Å². The Hall–Kier alpha value is 2.04. The molecule has 0 fully saturated rings. The predicted octanol–water partition coefficient (Wildman–Crippen LogP) is 7.91. The van der Waals surface area contributed by atoms with Crippen LogP contribution in [-0.2, 0) is 12.5 Å². The second-order valence-corrected chi connectivity index (χ2v) is 14.0. The topological polar surface area (TPSA) is 78.9 Å². The first-order valence-electron chi connectivity index (χ1n) is 7.45. The number of hydrogen-bond donors (Lipinski definition) is 0. The van der Waals surface area contributed by atoms with Crippen molar-refractivity contribution in [2.24, 2.45) is 0 Å². The van der Waals surface area contributed by atoms with Gasteiger partial charge in [0.2, 0.25) is 0 Å². The quantitative estimate of drug-likeness (QED) is 0.155. The van der Waals surface area contributed by atoms with Gasteiger partial charge in [0.05, 0.1) is 55.9 Å². The fourth-order valence-electron chi connectivity index (χ4n) is 0.890. The van der Waals surface area contributed by atoms with E-state index < -0.39 is 0 Å². The van der Waals surface area contributed by atoms with E-state index in [0.29, 0.717) is 31.3 Å². The first-order valence-corrected chi connectivity index (χ1v) is 16.5. The molecule has 0 aromatic heterocycles. The molecule has 6 nitrogen and oxygen atoms in total. The average molecular weight is 549 g/mol. The summed E-state index contributed by atoms with van der Waals surface area (Å²) in [5.41, 5.74) is 0. The van der Waals surface area contributed by atoms with Gasteiger partial charge in [0.15, 0.2) is 0 Å². The van der Waals surface area contributed by atoms with Gasteiger partial charge in [-0.05, 0) is 53.2 Å². The fraction of sp³-hybridized carbons (Fsp3) is 0.750. The molecule has 0 radical (unpaired) electrons. The van der Waals surface area contributed by atoms with Crippen molar-refractivity contribution in [1.29, 1.82) is 0 Å². The highest BCUT2D eigenvalue weighted by Gasteiger charge is 2.17. The fourth-order valence-corrected chi connectivity index (χ4v) is 10.5. The SMILES string of the molecule is CCOSC(=O)SSCC(CSSC(=O)SOCC)SSC(=O)SOCC. The smallest absolute Gasteiger partial charge is 0.283 e. The lowest BCUT2D eigenvalue weighted by atomic mass is 10.6. The van der Waals surface area contributed by atoms with Gasteiger partial charge in [-0.15, -0.1) is 0 Å². The molecule has 158 valence electrons. The predicted molar refractivity (Wildman–Crippen MR) is 133 cm³/mol. The number of hydrogen-bond acceptors (Lipinski definition) is 15. The first-order chi connectivity index (χ1) is 13.0. The van der Waals surface area contributed by atoms with E-state index >= 15 is 0 Å². The highest BCUT2D eigenvalue weighted by molar-refractivity contribution is 8.88. The minimum absolute atomic E-state index is 0.0750. The molecular weight excluding hydrogens is 529 g/mol. The van der Waals surface area contributed by atoms with E-state index in [4.69, 9.17) is 12.5 Å². The van der Waals surface area contributed by atoms with E-state index in [1.54, 1.807) is 0 Å². The van der Waals surface area contributed by atoms with E-state index in [9.17, 15) is 14.4 Å². The van der Waals surface area contributed by atoms with Crippen LogP contribution in [0.5, 0.6) is 0 Å². The number of rotatable bonds is 14. The Morgan fingerprint density at radius 2 is 1.04 bits per heavy atom. The Morgan fingerprint density at radius 3 is 1.41 bits per heavy atom. The van der Waals surface area contributed by atoms with Crippen LogP contribution < -0.4 is 0 Å². The summed E-state index contributed by atoms with van der Waals surface area (Å²) in [4.78, 5) is 34.9. The summed E-state index contributed by atoms with van der Waals surface area (Å²) in [6.07, 6.45) is 0. The molecule has 0 atom stereocenters. The van der Waals surface area contributed by atoms with Crippen LogP contribution >= 0.6 is 101 Å². The molecule has 0 rings (SSSR count). The van der Waals surface area contributed by atoms with Crippen molar-refractivity contribution in [3.63, 3.8) is 0 Å². The van der Waals surface area contributed by atoms with E-state index in [1.165, 1.54) is 32.4 Å². The molecule has 0 heterocycles. The Kier molecular flexibility index (Phi) is 22.9. The van der Waals surface area contributed by atoms with Crippen LogP contribution in [0.4, 0.5) is 14.4 Å². The largest absolute Gasteiger partial charge is 0.308 e. The Balaban J connectivity index is 4.24. The third-order valence-corrected chi connectivity index (χ3v) is 12.4. The van der Waals surface area contributed by atoms with Gasteiger partial charge in [-0.2, -0.15) is 0 Å². The average Bonchev–Trinajstić information content (AvgIpc) is 2.66. The summed E-state index contributed by atoms with van der Waals surface area (Å²) < 4.78 is 14.6. The van der Waals surface area contributed by atoms with Crippen molar-refractivity contribution >= 4 is 114 Å². The molecule has 0 spiro atoms. The third-order valence-electron chi connectivity index (χ3n) is 1.75. The van der Waals surface area contributed by atoms with E-state index in [2.05, 4.69) is 0 Å². The molecule has 0 saturated carbocycles. The summed E-state index contributed by atoms with van der Waals surface area (Å²) in [5, 5.41) is 0.0750. The van der Waals surface area contributed by atoms with Crippen molar-refractivity contribution in [2.45, 2.75) is 26.0 Å². The summed E-state index contributed by atoms with van der Waals surface area (Å²) >= 11 is 2.49. The van der Waals surface area contributed by atoms with Gasteiger partial charge in [0.25, 0.3) is 13.3 Å². The van der Waals surface area contributed by atoms with Crippen LogP contribution in [0.2, 0.25) is 0 Å². The Bertz CT molecular complexity index is 402. The van der Waals surface area contributed by atoms with Gasteiger partial charge < -0.3 is 12.5 Å². The molecule has 0 unspecified atom stereocenters. The molecule has 0 aliphatic carbocycles. The lowest BCUT2D eigenvalue weighted by Gasteiger charge is -2.13. The number of carbonyl (C=O) groups excluding carboxylic acids is 3. The van der Waals surface area contributed by atoms with Crippen molar-refractivity contribution < 1.29 is 26.9 Å². The zero-order valence-corrected chi connectivity index (χ0v) is 22.1. The zero-order valence-electron chi connectivity index (χ0n) is 14.7. The lowest BCUT2D eigenvalue weighted by molar-refractivity contribution is 0.274. The summed E-state index contributed by atoms with van der Waals surface area (Å²) in [5.74, 6) is 1.29. The summed E-state index contributed by atoms with van der Waals surface area (Å²) in [7, 11) is 7.57. The van der Waals surface area contributed by atoms with E-state index in [1.807, 2.05) is 20.8 Å². The molecule has 0 aliphatic rings. The van der Waals surface area contributed by atoms with E-state index in [0.717, 1.165) is 68.5 Å². The summed E-state index contributed by atoms with van der Waals surface area (Å²) in [6.45, 7) is 6.86. The van der Waals surface area contributed by atoms with Gasteiger partial charge >= 0.3 is 0 Å². The van der Waals surface area contributed by atoms with Crippen LogP contribution in [-0.4, -0.2) is 49.9 Å². The molecule has 0 saturated heterocycles. The van der Waals surface area contributed by atoms with Crippen LogP contribution in [0.1, 0.15) is 20.8 Å². The minimum atomic E-state index is -0.131. The number of carbonyl (C=O) groups is 3. The lowest BCUT2D eigenvalue weighted by Crippen LogP contribution is -2.08. The summed E-state index contributed by atoms with van der Waals surface area (Å²) in [6, 6.07) is 0. The van der Waals surface area contributed by atoms with Gasteiger partial charge in [0, 0.05) is 16.8 Å². The molecule has 0 N–H and O–H groups in total. The molecule has 0 aromatic rings. The van der Waals surface area contributed by atoms with Crippen LogP contribution in [0.3, 0.4) is 0 Å². The molecule has 27 heavy (non-hydrogen) atoms. The maximum atomic E-state index is 11.7. The standard InChI is InChI=1S/C12H20O6S9/c1-4-16-21-10(13)25-19-7-9(24-27-12(15)23-18-6-3)8-20-26-11(14)22-17-5-2/h9H,4-8H2,1-3H3.